The lowest BCUT2D eigenvalue weighted by Gasteiger charge is -2.26. The van der Waals surface area contributed by atoms with Gasteiger partial charge in [0, 0.05) is 30.2 Å². The smallest absolute Gasteiger partial charge is 0.338 e. The number of thiazole rings is 1. The fraction of sp³-hybridized carbons (Fsp3) is 0.139. The van der Waals surface area contributed by atoms with Gasteiger partial charge in [-0.25, -0.2) is 9.79 Å². The lowest BCUT2D eigenvalue weighted by molar-refractivity contribution is -0.138. The molecule has 6 rings (SSSR count). The highest BCUT2D eigenvalue weighted by Gasteiger charge is 2.35. The molecule has 0 saturated heterocycles. The molecule has 0 fully saturated rings. The topological polar surface area (TPSA) is 69.9 Å². The number of benzene rings is 4. The summed E-state index contributed by atoms with van der Waals surface area (Å²) in [5, 5.41) is 0.625. The van der Waals surface area contributed by atoms with E-state index in [9.17, 15) is 9.59 Å². The predicted octanol–water partition coefficient (Wildman–Crippen LogP) is 8.10. The van der Waals surface area contributed by atoms with Crippen LogP contribution in [0.15, 0.2) is 111 Å². The van der Waals surface area contributed by atoms with Gasteiger partial charge in [-0.1, -0.05) is 83.6 Å². The number of hydrogen-bond donors (Lipinski definition) is 0. The second-order valence-corrected chi connectivity index (χ2v) is 15.1. The first-order chi connectivity index (χ1) is 22.8. The third-order valence-electron chi connectivity index (χ3n) is 7.46. The van der Waals surface area contributed by atoms with Crippen molar-refractivity contribution in [2.75, 3.05) is 12.9 Å². The quantitative estimate of drug-likeness (QED) is 0.0851. The Hall–Kier alpha value is -2.91. The fourth-order valence-electron chi connectivity index (χ4n) is 5.29. The number of hydrogen-bond acceptors (Lipinski definition) is 7. The minimum Gasteiger partial charge on any atom is -0.487 e. The predicted molar refractivity (Wildman–Crippen MR) is 207 cm³/mol. The molecule has 5 aromatic rings. The molecule has 6 nitrogen and oxygen atoms in total. The van der Waals surface area contributed by atoms with Gasteiger partial charge in [-0.05, 0) is 100 Å². The Kier molecular flexibility index (Phi) is 10.9. The van der Waals surface area contributed by atoms with E-state index in [4.69, 9.17) is 26.1 Å². The van der Waals surface area contributed by atoms with E-state index in [2.05, 4.69) is 45.2 Å². The molecule has 0 radical (unpaired) electrons. The summed E-state index contributed by atoms with van der Waals surface area (Å²) in [6.45, 7) is 2.23. The van der Waals surface area contributed by atoms with Crippen LogP contribution in [-0.2, 0) is 16.1 Å². The maximum atomic E-state index is 14.4. The number of esters is 1. The van der Waals surface area contributed by atoms with Crippen LogP contribution in [0.2, 0.25) is 5.02 Å². The van der Waals surface area contributed by atoms with Crippen LogP contribution in [-0.4, -0.2) is 23.4 Å². The van der Waals surface area contributed by atoms with E-state index < -0.39 is 12.0 Å². The SMILES string of the molecule is CCOC(=O)C1=C(c2ccccc2)N=c2s/c(=C\c3cc(I)cc(I)c3OCc3ccccc3Cl)c(=O)n2[C@H]1c1ccc(SC)cc1. The molecule has 1 aliphatic rings. The van der Waals surface area contributed by atoms with Crippen LogP contribution in [0.25, 0.3) is 11.8 Å². The Bertz CT molecular complexity index is 2180. The van der Waals surface area contributed by atoms with Gasteiger partial charge in [-0.2, -0.15) is 0 Å². The highest BCUT2D eigenvalue weighted by molar-refractivity contribution is 14.1. The molecule has 0 saturated carbocycles. The van der Waals surface area contributed by atoms with Crippen molar-refractivity contribution in [2.24, 2.45) is 4.99 Å². The highest BCUT2D eigenvalue weighted by Crippen LogP contribution is 2.36. The van der Waals surface area contributed by atoms with E-state index in [1.807, 2.05) is 103 Å². The van der Waals surface area contributed by atoms with E-state index >= 15 is 0 Å². The Morgan fingerprint density at radius 2 is 1.77 bits per heavy atom. The average molecular weight is 905 g/mol. The summed E-state index contributed by atoms with van der Waals surface area (Å²) in [6, 6.07) is 28.3. The second kappa shape index (κ2) is 15.1. The van der Waals surface area contributed by atoms with E-state index in [1.54, 1.807) is 23.3 Å². The molecule has 2 heterocycles. The summed E-state index contributed by atoms with van der Waals surface area (Å²) < 4.78 is 15.9. The van der Waals surface area contributed by atoms with Gasteiger partial charge in [-0.15, -0.1) is 11.8 Å². The molecular formula is C36H27ClI2N2O4S2. The Labute approximate surface area is 312 Å². The molecule has 4 aromatic carbocycles. The number of aromatic nitrogens is 1. The molecule has 0 aliphatic carbocycles. The fourth-order valence-corrected chi connectivity index (χ4v) is 8.92. The first-order valence-corrected chi connectivity index (χ1v) is 19.1. The van der Waals surface area contributed by atoms with Gasteiger partial charge in [0.05, 0.1) is 32.0 Å². The van der Waals surface area contributed by atoms with Crippen LogP contribution >= 0.6 is 79.9 Å². The Morgan fingerprint density at radius 1 is 1.04 bits per heavy atom. The van der Waals surface area contributed by atoms with Gasteiger partial charge in [0.1, 0.15) is 12.4 Å². The maximum Gasteiger partial charge on any atom is 0.338 e. The van der Waals surface area contributed by atoms with Crippen molar-refractivity contribution in [3.05, 3.63) is 151 Å². The molecule has 0 unspecified atom stereocenters. The molecule has 1 aliphatic heterocycles. The summed E-state index contributed by atoms with van der Waals surface area (Å²) in [6.07, 6.45) is 3.86. The van der Waals surface area contributed by atoms with Gasteiger partial charge < -0.3 is 9.47 Å². The minimum atomic E-state index is -0.745. The normalized spacial score (nSPS) is 14.5. The maximum absolute atomic E-state index is 14.4. The van der Waals surface area contributed by atoms with Crippen LogP contribution < -0.4 is 19.6 Å². The Balaban J connectivity index is 1.56. The summed E-state index contributed by atoms with van der Waals surface area (Å²) in [5.41, 5.74) is 3.72. The van der Waals surface area contributed by atoms with Crippen LogP contribution in [0.3, 0.4) is 0 Å². The number of carbonyl (C=O) groups excluding carboxylic acids is 1. The van der Waals surface area contributed by atoms with Gasteiger partial charge in [0.25, 0.3) is 5.56 Å². The van der Waals surface area contributed by atoms with Gasteiger partial charge in [0.15, 0.2) is 4.80 Å². The molecule has 11 heteroatoms. The zero-order valence-corrected chi connectivity index (χ0v) is 31.9. The molecule has 1 atom stereocenters. The number of ether oxygens (including phenoxy) is 2. The van der Waals surface area contributed by atoms with Crippen molar-refractivity contribution in [3.8, 4) is 5.75 Å². The zero-order valence-electron chi connectivity index (χ0n) is 25.2. The van der Waals surface area contributed by atoms with E-state index in [0.29, 0.717) is 31.4 Å². The number of nitrogens with zero attached hydrogens (tertiary/aromatic N) is 2. The van der Waals surface area contributed by atoms with Gasteiger partial charge in [-0.3, -0.25) is 9.36 Å². The molecule has 0 amide bonds. The number of thioether (sulfide) groups is 1. The minimum absolute atomic E-state index is 0.190. The number of fused-ring (bicyclic) bond motifs is 1. The zero-order chi connectivity index (χ0) is 33.1. The average Bonchev–Trinajstić information content (AvgIpc) is 3.38. The van der Waals surface area contributed by atoms with Crippen molar-refractivity contribution < 1.29 is 14.3 Å². The molecule has 47 heavy (non-hydrogen) atoms. The van der Waals surface area contributed by atoms with Crippen molar-refractivity contribution in [1.82, 2.24) is 4.57 Å². The van der Waals surface area contributed by atoms with Crippen LogP contribution in [0.5, 0.6) is 5.75 Å². The van der Waals surface area contributed by atoms with Crippen LogP contribution in [0.1, 0.15) is 35.2 Å². The van der Waals surface area contributed by atoms with Crippen molar-refractivity contribution in [2.45, 2.75) is 24.5 Å². The lowest BCUT2D eigenvalue weighted by atomic mass is 9.93. The standard InChI is InChI=1S/C36H27ClI2N2O4S2/c1-3-44-35(43)30-31(21-9-5-4-6-10-21)40-36-41(32(30)22-13-15-26(46-2)16-14-22)34(42)29(47-36)18-24-17-25(38)19-28(39)33(24)45-20-23-11-7-8-12-27(23)37/h4-19,32H,3,20H2,1-2H3/b29-18-/t32-/m0/s1. The Morgan fingerprint density at radius 3 is 2.47 bits per heavy atom. The van der Waals surface area contributed by atoms with Crippen LogP contribution in [0.4, 0.5) is 0 Å². The van der Waals surface area contributed by atoms with E-state index in [0.717, 1.165) is 34.3 Å². The summed E-state index contributed by atoms with van der Waals surface area (Å²) >= 11 is 13.8. The molecule has 0 bridgehead atoms. The van der Waals surface area contributed by atoms with E-state index in [1.165, 1.54) is 11.3 Å². The summed E-state index contributed by atoms with van der Waals surface area (Å²) in [7, 11) is 0. The summed E-state index contributed by atoms with van der Waals surface area (Å²) in [4.78, 5) is 34.7. The number of carbonyl (C=O) groups is 1. The third-order valence-corrected chi connectivity index (χ3v) is 11.0. The second-order valence-electron chi connectivity index (χ2n) is 10.4. The molecule has 1 aromatic heterocycles. The number of rotatable bonds is 9. The summed E-state index contributed by atoms with van der Waals surface area (Å²) in [5.74, 6) is 0.143. The largest absolute Gasteiger partial charge is 0.487 e. The first-order valence-electron chi connectivity index (χ1n) is 14.6. The van der Waals surface area contributed by atoms with Crippen molar-refractivity contribution in [1.29, 1.82) is 0 Å². The highest BCUT2D eigenvalue weighted by atomic mass is 127. The molecular weight excluding hydrogens is 878 g/mol. The lowest BCUT2D eigenvalue weighted by Crippen LogP contribution is -2.40. The van der Waals surface area contributed by atoms with Crippen molar-refractivity contribution in [3.63, 3.8) is 0 Å². The van der Waals surface area contributed by atoms with Gasteiger partial charge >= 0.3 is 5.97 Å². The van der Waals surface area contributed by atoms with E-state index in [-0.39, 0.29) is 18.8 Å². The first kappa shape index (κ1) is 34.0. The van der Waals surface area contributed by atoms with Crippen LogP contribution in [0, 0.1) is 7.14 Å². The number of halogens is 3. The van der Waals surface area contributed by atoms with Gasteiger partial charge in [0.2, 0.25) is 0 Å². The molecule has 238 valence electrons. The monoisotopic (exact) mass is 904 g/mol. The van der Waals surface area contributed by atoms with Crippen molar-refractivity contribution >= 4 is 97.6 Å². The molecule has 0 spiro atoms. The molecule has 0 N–H and O–H groups in total. The third kappa shape index (κ3) is 7.26.